The number of hydrogen-bond acceptors (Lipinski definition) is 3. The minimum absolute atomic E-state index is 0.479. The van der Waals surface area contributed by atoms with Gasteiger partial charge in [-0.25, -0.2) is 4.98 Å². The second-order valence-electron chi connectivity index (χ2n) is 4.51. The van der Waals surface area contributed by atoms with Crippen LogP contribution in [0.15, 0.2) is 0 Å². The summed E-state index contributed by atoms with van der Waals surface area (Å²) in [5.41, 5.74) is 0.494. The Hall–Kier alpha value is -1.34. The third-order valence-electron chi connectivity index (χ3n) is 2.77. The Morgan fingerprint density at radius 1 is 1.47 bits per heavy atom. The molecule has 0 saturated carbocycles. The van der Waals surface area contributed by atoms with E-state index in [0.29, 0.717) is 11.5 Å². The lowest BCUT2D eigenvalue weighted by molar-refractivity contribution is 0.0638. The first kappa shape index (κ1) is 10.2. The van der Waals surface area contributed by atoms with Crippen LogP contribution in [0.1, 0.15) is 43.9 Å². The molecule has 4 nitrogen and oxygen atoms in total. The van der Waals surface area contributed by atoms with Crippen LogP contribution in [0.2, 0.25) is 0 Å². The summed E-state index contributed by atoms with van der Waals surface area (Å²) >= 11 is 0. The molecular weight excluding hydrogens is 190 g/mol. The second kappa shape index (κ2) is 3.35. The van der Waals surface area contributed by atoms with E-state index in [9.17, 15) is 5.11 Å². The zero-order valence-corrected chi connectivity index (χ0v) is 9.12. The fourth-order valence-corrected chi connectivity index (χ4v) is 2.10. The average Bonchev–Trinajstić information content (AvgIpc) is 2.55. The monoisotopic (exact) mass is 205 g/mol. The molecule has 2 heterocycles. The van der Waals surface area contributed by atoms with E-state index in [4.69, 9.17) is 5.26 Å². The summed E-state index contributed by atoms with van der Waals surface area (Å²) in [4.78, 5) is 4.23. The summed E-state index contributed by atoms with van der Waals surface area (Å²) in [6.45, 7) is 4.28. The van der Waals surface area contributed by atoms with Gasteiger partial charge in [0.1, 0.15) is 17.5 Å². The van der Waals surface area contributed by atoms with Crippen molar-refractivity contribution < 1.29 is 5.11 Å². The smallest absolute Gasteiger partial charge is 0.162 e. The molecule has 1 aliphatic rings. The van der Waals surface area contributed by atoms with Crippen molar-refractivity contribution in [1.29, 1.82) is 5.26 Å². The summed E-state index contributed by atoms with van der Waals surface area (Å²) in [7, 11) is 0. The van der Waals surface area contributed by atoms with Gasteiger partial charge < -0.3 is 9.67 Å². The highest BCUT2D eigenvalue weighted by atomic mass is 16.3. The highest BCUT2D eigenvalue weighted by Crippen LogP contribution is 2.26. The van der Waals surface area contributed by atoms with E-state index in [1.54, 1.807) is 13.8 Å². The Kier molecular flexibility index (Phi) is 2.28. The summed E-state index contributed by atoms with van der Waals surface area (Å²) in [5, 5.41) is 18.9. The van der Waals surface area contributed by atoms with Crippen LogP contribution in [0.5, 0.6) is 0 Å². The molecule has 0 aromatic carbocycles. The second-order valence-corrected chi connectivity index (χ2v) is 4.51. The number of imidazole rings is 1. The minimum atomic E-state index is -0.971. The van der Waals surface area contributed by atoms with Crippen molar-refractivity contribution in [2.45, 2.75) is 45.3 Å². The predicted molar refractivity (Wildman–Crippen MR) is 55.1 cm³/mol. The molecule has 80 valence electrons. The lowest BCUT2D eigenvalue weighted by Crippen LogP contribution is -2.24. The normalized spacial score (nSPS) is 15.9. The van der Waals surface area contributed by atoms with Gasteiger partial charge in [-0.05, 0) is 33.1 Å². The average molecular weight is 205 g/mol. The van der Waals surface area contributed by atoms with Gasteiger partial charge in [-0.2, -0.15) is 5.26 Å². The zero-order valence-electron chi connectivity index (χ0n) is 9.12. The van der Waals surface area contributed by atoms with Gasteiger partial charge >= 0.3 is 0 Å². The van der Waals surface area contributed by atoms with E-state index in [1.807, 2.05) is 4.57 Å². The highest BCUT2D eigenvalue weighted by molar-refractivity contribution is 5.31. The molecule has 0 radical (unpaired) electrons. The summed E-state index contributed by atoms with van der Waals surface area (Å²) in [6, 6.07) is 2.10. The Morgan fingerprint density at radius 3 is 2.80 bits per heavy atom. The van der Waals surface area contributed by atoms with Gasteiger partial charge in [0, 0.05) is 6.54 Å². The molecule has 1 aromatic rings. The fourth-order valence-electron chi connectivity index (χ4n) is 2.10. The molecule has 0 atom stereocenters. The Morgan fingerprint density at radius 2 is 2.20 bits per heavy atom. The van der Waals surface area contributed by atoms with E-state index in [0.717, 1.165) is 31.5 Å². The maximum Gasteiger partial charge on any atom is 0.162 e. The molecule has 0 amide bonds. The van der Waals surface area contributed by atoms with Gasteiger partial charge in [0.15, 0.2) is 5.69 Å². The molecule has 0 saturated heterocycles. The molecule has 15 heavy (non-hydrogen) atoms. The van der Waals surface area contributed by atoms with E-state index in [2.05, 4.69) is 11.1 Å². The van der Waals surface area contributed by atoms with Crippen LogP contribution in [-0.4, -0.2) is 14.7 Å². The molecule has 1 aromatic heterocycles. The van der Waals surface area contributed by atoms with Crippen LogP contribution < -0.4 is 0 Å². The number of nitriles is 1. The topological polar surface area (TPSA) is 61.8 Å². The summed E-state index contributed by atoms with van der Waals surface area (Å²) < 4.78 is 2.00. The molecule has 4 heteroatoms. The number of fused-ring (bicyclic) bond motifs is 1. The van der Waals surface area contributed by atoms with Crippen LogP contribution in [-0.2, 0) is 18.6 Å². The van der Waals surface area contributed by atoms with Crippen molar-refractivity contribution in [2.75, 3.05) is 0 Å². The molecule has 0 unspecified atom stereocenters. The van der Waals surface area contributed by atoms with Crippen LogP contribution in [0.4, 0.5) is 0 Å². The first-order chi connectivity index (χ1) is 7.04. The lowest BCUT2D eigenvalue weighted by Gasteiger charge is -2.22. The Balaban J connectivity index is 2.58. The van der Waals surface area contributed by atoms with Gasteiger partial charge in [-0.15, -0.1) is 0 Å². The van der Waals surface area contributed by atoms with Crippen molar-refractivity contribution in [1.82, 2.24) is 9.55 Å². The Labute approximate surface area is 89.2 Å². The zero-order chi connectivity index (χ0) is 11.1. The van der Waals surface area contributed by atoms with Gasteiger partial charge in [0.05, 0.1) is 5.69 Å². The third kappa shape index (κ3) is 1.64. The van der Waals surface area contributed by atoms with Crippen molar-refractivity contribution in [3.8, 4) is 6.07 Å². The van der Waals surface area contributed by atoms with Gasteiger partial charge in [0.2, 0.25) is 0 Å². The molecule has 0 bridgehead atoms. The van der Waals surface area contributed by atoms with Crippen LogP contribution in [0.3, 0.4) is 0 Å². The first-order valence-corrected chi connectivity index (χ1v) is 5.26. The summed E-state index contributed by atoms with van der Waals surface area (Å²) in [5.74, 6) is 0.619. The van der Waals surface area contributed by atoms with Crippen LogP contribution >= 0.6 is 0 Å². The molecule has 2 rings (SSSR count). The van der Waals surface area contributed by atoms with Gasteiger partial charge in [-0.1, -0.05) is 0 Å². The SMILES string of the molecule is CC(C)(O)c1nc(C#N)c2n1CCCC2. The first-order valence-electron chi connectivity index (χ1n) is 5.26. The quantitative estimate of drug-likeness (QED) is 0.752. The van der Waals surface area contributed by atoms with Crippen molar-refractivity contribution in [3.05, 3.63) is 17.2 Å². The minimum Gasteiger partial charge on any atom is -0.383 e. The van der Waals surface area contributed by atoms with Crippen molar-refractivity contribution >= 4 is 0 Å². The molecule has 0 aliphatic carbocycles. The van der Waals surface area contributed by atoms with Crippen molar-refractivity contribution in [3.63, 3.8) is 0 Å². The highest BCUT2D eigenvalue weighted by Gasteiger charge is 2.28. The van der Waals surface area contributed by atoms with E-state index in [-0.39, 0.29) is 0 Å². The predicted octanol–water partition coefficient (Wildman–Crippen LogP) is 1.32. The van der Waals surface area contributed by atoms with E-state index >= 15 is 0 Å². The maximum absolute atomic E-state index is 9.96. The molecular formula is C11H15N3O. The number of nitrogens with zero attached hydrogens (tertiary/aromatic N) is 3. The Bertz CT molecular complexity index is 420. The third-order valence-corrected chi connectivity index (χ3v) is 2.77. The van der Waals surface area contributed by atoms with E-state index < -0.39 is 5.60 Å². The standard InChI is InChI=1S/C11H15N3O/c1-11(2,15)10-13-8(7-12)9-5-3-4-6-14(9)10/h15H,3-6H2,1-2H3. The number of aromatic nitrogens is 2. The van der Waals surface area contributed by atoms with Gasteiger partial charge in [0.25, 0.3) is 0 Å². The summed E-state index contributed by atoms with van der Waals surface area (Å²) in [6.07, 6.45) is 3.09. The largest absolute Gasteiger partial charge is 0.383 e. The molecule has 0 spiro atoms. The fraction of sp³-hybridized carbons (Fsp3) is 0.636. The van der Waals surface area contributed by atoms with Crippen LogP contribution in [0.25, 0.3) is 0 Å². The molecule has 1 aliphatic heterocycles. The number of hydrogen-bond donors (Lipinski definition) is 1. The van der Waals surface area contributed by atoms with Crippen molar-refractivity contribution in [2.24, 2.45) is 0 Å². The number of rotatable bonds is 1. The maximum atomic E-state index is 9.96. The van der Waals surface area contributed by atoms with E-state index in [1.165, 1.54) is 0 Å². The van der Waals surface area contributed by atoms with Crippen LogP contribution in [0, 0.1) is 11.3 Å². The van der Waals surface area contributed by atoms with Gasteiger partial charge in [-0.3, -0.25) is 0 Å². The molecule has 1 N–H and O–H groups in total. The molecule has 0 fully saturated rings. The lowest BCUT2D eigenvalue weighted by atomic mass is 10.1. The number of aliphatic hydroxyl groups is 1.